The predicted molar refractivity (Wildman–Crippen MR) is 105 cm³/mol. The first-order valence-electron chi connectivity index (χ1n) is 8.21. The SMILES string of the molecule is CCc1ccc(Nc2nn(CN(C)C3CCS(=O)(=O)C3)c(=S)s2)cc1. The van der Waals surface area contributed by atoms with E-state index in [0.717, 1.165) is 17.2 Å². The van der Waals surface area contributed by atoms with Crippen molar-refractivity contribution < 1.29 is 8.42 Å². The number of nitrogens with zero attached hydrogens (tertiary/aromatic N) is 3. The summed E-state index contributed by atoms with van der Waals surface area (Å²) in [6.45, 7) is 2.62. The summed E-state index contributed by atoms with van der Waals surface area (Å²) in [5.41, 5.74) is 2.26. The minimum absolute atomic E-state index is 0.0339. The van der Waals surface area contributed by atoms with E-state index < -0.39 is 9.84 Å². The second kappa shape index (κ2) is 7.53. The molecule has 9 heteroatoms. The summed E-state index contributed by atoms with van der Waals surface area (Å²) in [6.07, 6.45) is 1.68. The van der Waals surface area contributed by atoms with Gasteiger partial charge in [-0.25, -0.2) is 13.1 Å². The summed E-state index contributed by atoms with van der Waals surface area (Å²) in [5, 5.41) is 8.54. The Morgan fingerprint density at radius 2 is 2.12 bits per heavy atom. The van der Waals surface area contributed by atoms with Crippen LogP contribution < -0.4 is 5.32 Å². The standard InChI is InChI=1S/C16H22N4O2S3/c1-3-12-4-6-13(7-5-12)17-15-18-20(16(23)24-15)11-19(2)14-8-9-25(21,22)10-14/h4-7,14H,3,8-11H2,1-2H3,(H,17,18). The van der Waals surface area contributed by atoms with Crippen molar-refractivity contribution in [2.45, 2.75) is 32.5 Å². The largest absolute Gasteiger partial charge is 0.330 e. The third kappa shape index (κ3) is 4.66. The topological polar surface area (TPSA) is 67.2 Å². The zero-order chi connectivity index (χ0) is 18.0. The Hall–Kier alpha value is -1.29. The molecule has 0 aliphatic carbocycles. The number of benzene rings is 1. The number of aromatic nitrogens is 2. The monoisotopic (exact) mass is 398 g/mol. The predicted octanol–water partition coefficient (Wildman–Crippen LogP) is 3.06. The van der Waals surface area contributed by atoms with Gasteiger partial charge in [-0.1, -0.05) is 30.4 Å². The van der Waals surface area contributed by atoms with Crippen LogP contribution in [0.4, 0.5) is 10.8 Å². The molecule has 1 aliphatic rings. The van der Waals surface area contributed by atoms with Gasteiger partial charge in [0.2, 0.25) is 5.13 Å². The Kier molecular flexibility index (Phi) is 5.57. The van der Waals surface area contributed by atoms with Crippen molar-refractivity contribution in [1.82, 2.24) is 14.7 Å². The molecule has 3 rings (SSSR count). The van der Waals surface area contributed by atoms with Crippen LogP contribution in [0.25, 0.3) is 0 Å². The summed E-state index contributed by atoms with van der Waals surface area (Å²) in [5.74, 6) is 0.487. The number of aryl methyl sites for hydroxylation is 1. The van der Waals surface area contributed by atoms with Crippen LogP contribution >= 0.6 is 23.6 Å². The first-order chi connectivity index (χ1) is 11.9. The molecule has 2 aromatic rings. The number of sulfone groups is 1. The number of rotatable bonds is 6. The van der Waals surface area contributed by atoms with Gasteiger partial charge in [0.25, 0.3) is 0 Å². The van der Waals surface area contributed by atoms with Gasteiger partial charge in [-0.15, -0.1) is 5.10 Å². The summed E-state index contributed by atoms with van der Waals surface area (Å²) < 4.78 is 25.7. The maximum Gasteiger partial charge on any atom is 0.209 e. The van der Waals surface area contributed by atoms with Crippen LogP contribution in [0.1, 0.15) is 18.9 Å². The Morgan fingerprint density at radius 1 is 1.40 bits per heavy atom. The van der Waals surface area contributed by atoms with E-state index in [-0.39, 0.29) is 17.5 Å². The van der Waals surface area contributed by atoms with E-state index in [0.29, 0.717) is 17.0 Å². The Morgan fingerprint density at radius 3 is 2.72 bits per heavy atom. The lowest BCUT2D eigenvalue weighted by Crippen LogP contribution is -2.34. The summed E-state index contributed by atoms with van der Waals surface area (Å²) in [6, 6.07) is 8.28. The van der Waals surface area contributed by atoms with E-state index in [1.807, 2.05) is 24.1 Å². The van der Waals surface area contributed by atoms with Crippen LogP contribution in [0.2, 0.25) is 0 Å². The summed E-state index contributed by atoms with van der Waals surface area (Å²) >= 11 is 6.81. The Balaban J connectivity index is 1.66. The molecule has 0 saturated carbocycles. The number of hydrogen-bond donors (Lipinski definition) is 1. The highest BCUT2D eigenvalue weighted by atomic mass is 32.2. The molecule has 25 heavy (non-hydrogen) atoms. The van der Waals surface area contributed by atoms with Gasteiger partial charge in [-0.3, -0.25) is 4.90 Å². The molecule has 1 aromatic heterocycles. The second-order valence-corrected chi connectivity index (χ2v) is 10.2. The van der Waals surface area contributed by atoms with Gasteiger partial charge in [0.05, 0.1) is 18.2 Å². The van der Waals surface area contributed by atoms with Crippen LogP contribution in [0.3, 0.4) is 0 Å². The van der Waals surface area contributed by atoms with Gasteiger partial charge in [0.15, 0.2) is 13.8 Å². The molecule has 1 N–H and O–H groups in total. The molecule has 0 spiro atoms. The minimum atomic E-state index is -2.89. The normalized spacial score (nSPS) is 19.4. The first kappa shape index (κ1) is 18.5. The zero-order valence-corrected chi connectivity index (χ0v) is 16.8. The van der Waals surface area contributed by atoms with Crippen molar-refractivity contribution in [3.63, 3.8) is 0 Å². The molecule has 2 heterocycles. The fourth-order valence-electron chi connectivity index (χ4n) is 2.84. The molecule has 0 radical (unpaired) electrons. The van der Waals surface area contributed by atoms with E-state index >= 15 is 0 Å². The fourth-order valence-corrected chi connectivity index (χ4v) is 5.66. The Bertz CT molecular complexity index is 887. The first-order valence-corrected chi connectivity index (χ1v) is 11.3. The number of anilines is 2. The molecule has 1 unspecified atom stereocenters. The van der Waals surface area contributed by atoms with E-state index in [9.17, 15) is 8.42 Å². The van der Waals surface area contributed by atoms with Gasteiger partial charge >= 0.3 is 0 Å². The van der Waals surface area contributed by atoms with E-state index in [1.54, 1.807) is 4.68 Å². The van der Waals surface area contributed by atoms with Crippen molar-refractivity contribution in [2.24, 2.45) is 0 Å². The quantitative estimate of drug-likeness (QED) is 0.755. The van der Waals surface area contributed by atoms with Crippen molar-refractivity contribution >= 4 is 44.2 Å². The minimum Gasteiger partial charge on any atom is -0.330 e. The van der Waals surface area contributed by atoms with E-state index in [1.165, 1.54) is 16.9 Å². The van der Waals surface area contributed by atoms with Crippen LogP contribution in [-0.4, -0.2) is 47.7 Å². The third-order valence-electron chi connectivity index (χ3n) is 4.41. The van der Waals surface area contributed by atoms with Crippen molar-refractivity contribution in [3.8, 4) is 0 Å². The second-order valence-electron chi connectivity index (χ2n) is 6.30. The number of hydrogen-bond acceptors (Lipinski definition) is 7. The molecular weight excluding hydrogens is 376 g/mol. The molecule has 136 valence electrons. The summed E-state index contributed by atoms with van der Waals surface area (Å²) in [7, 11) is -0.971. The van der Waals surface area contributed by atoms with E-state index in [2.05, 4.69) is 29.5 Å². The van der Waals surface area contributed by atoms with Crippen LogP contribution in [0.15, 0.2) is 24.3 Å². The lowest BCUT2D eigenvalue weighted by Gasteiger charge is -2.22. The molecule has 1 atom stereocenters. The van der Waals surface area contributed by atoms with Crippen LogP contribution in [-0.2, 0) is 22.9 Å². The molecule has 0 bridgehead atoms. The highest BCUT2D eigenvalue weighted by Gasteiger charge is 2.30. The van der Waals surface area contributed by atoms with Crippen molar-refractivity contribution in [1.29, 1.82) is 0 Å². The third-order valence-corrected chi connectivity index (χ3v) is 7.38. The molecule has 0 amide bonds. The number of nitrogens with one attached hydrogen (secondary N) is 1. The maximum atomic E-state index is 11.6. The van der Waals surface area contributed by atoms with Gasteiger partial charge < -0.3 is 5.32 Å². The van der Waals surface area contributed by atoms with Crippen molar-refractivity contribution in [3.05, 3.63) is 33.8 Å². The average Bonchev–Trinajstić information content (AvgIpc) is 3.10. The molecule has 1 aromatic carbocycles. The molecule has 6 nitrogen and oxygen atoms in total. The smallest absolute Gasteiger partial charge is 0.209 e. The Labute approximate surface area is 157 Å². The van der Waals surface area contributed by atoms with E-state index in [4.69, 9.17) is 12.2 Å². The van der Waals surface area contributed by atoms with Gasteiger partial charge in [-0.05, 0) is 49.8 Å². The lowest BCUT2D eigenvalue weighted by atomic mass is 10.1. The maximum absolute atomic E-state index is 11.6. The highest BCUT2D eigenvalue weighted by molar-refractivity contribution is 7.91. The van der Waals surface area contributed by atoms with Gasteiger partial charge in [0.1, 0.15) is 0 Å². The molecule has 1 fully saturated rings. The van der Waals surface area contributed by atoms with Gasteiger partial charge in [0, 0.05) is 11.7 Å². The van der Waals surface area contributed by atoms with Crippen molar-refractivity contribution in [2.75, 3.05) is 23.9 Å². The van der Waals surface area contributed by atoms with Gasteiger partial charge in [-0.2, -0.15) is 0 Å². The fraction of sp³-hybridized carbons (Fsp3) is 0.500. The molecule has 1 saturated heterocycles. The highest BCUT2D eigenvalue weighted by Crippen LogP contribution is 2.22. The average molecular weight is 399 g/mol. The molecule has 1 aliphatic heterocycles. The summed E-state index contributed by atoms with van der Waals surface area (Å²) in [4.78, 5) is 2.01. The van der Waals surface area contributed by atoms with Crippen LogP contribution in [0, 0.1) is 3.95 Å². The lowest BCUT2D eigenvalue weighted by molar-refractivity contribution is 0.198. The van der Waals surface area contributed by atoms with Crippen LogP contribution in [0.5, 0.6) is 0 Å². The zero-order valence-electron chi connectivity index (χ0n) is 14.3. The molecular formula is C16H22N4O2S3.